The van der Waals surface area contributed by atoms with E-state index in [9.17, 15) is 9.90 Å². The second-order valence-electron chi connectivity index (χ2n) is 4.32. The minimum absolute atomic E-state index is 0.0454. The zero-order valence-electron chi connectivity index (χ0n) is 10.3. The van der Waals surface area contributed by atoms with Crippen LogP contribution in [0.25, 0.3) is 0 Å². The summed E-state index contributed by atoms with van der Waals surface area (Å²) in [5, 5.41) is 12.5. The highest BCUT2D eigenvalue weighted by atomic mass is 16.5. The number of nitrogens with one attached hydrogen (secondary N) is 1. The number of phenols is 1. The molecule has 1 unspecified atom stereocenters. The number of methoxy groups -OCH3 is 1. The second kappa shape index (κ2) is 5.73. The molecule has 0 saturated carbocycles. The van der Waals surface area contributed by atoms with Crippen LogP contribution >= 0.6 is 0 Å². The van der Waals surface area contributed by atoms with Gasteiger partial charge in [0.15, 0.2) is 0 Å². The third-order valence-electron chi connectivity index (χ3n) is 3.02. The summed E-state index contributed by atoms with van der Waals surface area (Å²) in [4.78, 5) is 11.9. The van der Waals surface area contributed by atoms with Crippen LogP contribution in [0.15, 0.2) is 18.2 Å². The maximum absolute atomic E-state index is 11.9. The van der Waals surface area contributed by atoms with Crippen molar-refractivity contribution >= 4 is 5.91 Å². The van der Waals surface area contributed by atoms with Crippen LogP contribution in [0.1, 0.15) is 16.8 Å². The molecule has 1 aliphatic rings. The summed E-state index contributed by atoms with van der Waals surface area (Å²) in [6, 6.07) is 4.58. The number of aromatic hydroxyl groups is 1. The van der Waals surface area contributed by atoms with E-state index in [4.69, 9.17) is 9.47 Å². The molecule has 2 rings (SSSR count). The van der Waals surface area contributed by atoms with Gasteiger partial charge in [-0.05, 0) is 24.6 Å². The SMILES string of the molecule is COc1ccc(O)c(C(=O)NCC2CCOC2)c1. The molecule has 1 fully saturated rings. The number of phenolic OH excluding ortho intramolecular Hbond substituents is 1. The van der Waals surface area contributed by atoms with Gasteiger partial charge in [-0.3, -0.25) is 4.79 Å². The average Bonchev–Trinajstić information content (AvgIpc) is 2.89. The predicted octanol–water partition coefficient (Wildman–Crippen LogP) is 1.17. The monoisotopic (exact) mass is 251 g/mol. The van der Waals surface area contributed by atoms with Crippen molar-refractivity contribution in [1.82, 2.24) is 5.32 Å². The Hall–Kier alpha value is -1.75. The molecule has 0 aliphatic carbocycles. The molecule has 98 valence electrons. The molecule has 0 spiro atoms. The zero-order valence-corrected chi connectivity index (χ0v) is 10.3. The van der Waals surface area contributed by atoms with E-state index < -0.39 is 0 Å². The Labute approximate surface area is 106 Å². The molecule has 1 aliphatic heterocycles. The van der Waals surface area contributed by atoms with Gasteiger partial charge in [0, 0.05) is 19.1 Å². The van der Waals surface area contributed by atoms with Crippen LogP contribution in [-0.4, -0.2) is 37.9 Å². The van der Waals surface area contributed by atoms with E-state index in [1.807, 2.05) is 0 Å². The van der Waals surface area contributed by atoms with Crippen molar-refractivity contribution in [2.45, 2.75) is 6.42 Å². The van der Waals surface area contributed by atoms with E-state index in [1.54, 1.807) is 6.07 Å². The van der Waals surface area contributed by atoms with Gasteiger partial charge < -0.3 is 19.9 Å². The molecule has 1 aromatic rings. The first-order valence-corrected chi connectivity index (χ1v) is 5.93. The first-order valence-electron chi connectivity index (χ1n) is 5.93. The zero-order chi connectivity index (χ0) is 13.0. The molecule has 0 bridgehead atoms. The lowest BCUT2D eigenvalue weighted by Crippen LogP contribution is -2.29. The molecule has 0 aromatic heterocycles. The van der Waals surface area contributed by atoms with Crippen LogP contribution < -0.4 is 10.1 Å². The van der Waals surface area contributed by atoms with Gasteiger partial charge >= 0.3 is 0 Å². The fraction of sp³-hybridized carbons (Fsp3) is 0.462. The predicted molar refractivity (Wildman–Crippen MR) is 65.9 cm³/mol. The lowest BCUT2D eigenvalue weighted by molar-refractivity contribution is 0.0942. The molecule has 1 amide bonds. The fourth-order valence-electron chi connectivity index (χ4n) is 1.90. The summed E-state index contributed by atoms with van der Waals surface area (Å²) in [6.07, 6.45) is 0.963. The third-order valence-corrected chi connectivity index (χ3v) is 3.02. The Balaban J connectivity index is 1.98. The van der Waals surface area contributed by atoms with E-state index in [-0.39, 0.29) is 17.2 Å². The van der Waals surface area contributed by atoms with Crippen molar-refractivity contribution in [3.05, 3.63) is 23.8 Å². The number of hydrogen-bond acceptors (Lipinski definition) is 4. The number of benzene rings is 1. The normalized spacial score (nSPS) is 18.6. The molecule has 5 heteroatoms. The van der Waals surface area contributed by atoms with Gasteiger partial charge in [-0.15, -0.1) is 0 Å². The molecule has 18 heavy (non-hydrogen) atoms. The van der Waals surface area contributed by atoms with Gasteiger partial charge in [0.2, 0.25) is 0 Å². The van der Waals surface area contributed by atoms with Crippen LogP contribution in [0.3, 0.4) is 0 Å². The van der Waals surface area contributed by atoms with Crippen molar-refractivity contribution in [2.75, 3.05) is 26.9 Å². The average molecular weight is 251 g/mol. The molecule has 2 N–H and O–H groups in total. The summed E-state index contributed by atoms with van der Waals surface area (Å²) in [7, 11) is 1.52. The highest BCUT2D eigenvalue weighted by Crippen LogP contribution is 2.22. The summed E-state index contributed by atoms with van der Waals surface area (Å²) < 4.78 is 10.3. The van der Waals surface area contributed by atoms with Gasteiger partial charge in [0.05, 0.1) is 19.3 Å². The largest absolute Gasteiger partial charge is 0.507 e. The molecular formula is C13H17NO4. The third kappa shape index (κ3) is 2.92. The number of amides is 1. The van der Waals surface area contributed by atoms with Crippen molar-refractivity contribution < 1.29 is 19.4 Å². The van der Waals surface area contributed by atoms with E-state index in [0.717, 1.165) is 13.0 Å². The molecule has 1 atom stereocenters. The number of rotatable bonds is 4. The van der Waals surface area contributed by atoms with Crippen LogP contribution in [-0.2, 0) is 4.74 Å². The number of carbonyl (C=O) groups is 1. The number of hydrogen-bond donors (Lipinski definition) is 2. The van der Waals surface area contributed by atoms with E-state index in [2.05, 4.69) is 5.32 Å². The second-order valence-corrected chi connectivity index (χ2v) is 4.32. The summed E-state index contributed by atoms with van der Waals surface area (Å²) in [5.74, 6) is 0.568. The summed E-state index contributed by atoms with van der Waals surface area (Å²) in [5.41, 5.74) is 0.230. The van der Waals surface area contributed by atoms with E-state index in [1.165, 1.54) is 19.2 Å². The standard InChI is InChI=1S/C13H17NO4/c1-17-10-2-3-12(15)11(6-10)13(16)14-7-9-4-5-18-8-9/h2-3,6,9,15H,4-5,7-8H2,1H3,(H,14,16). The molecule has 1 aromatic carbocycles. The quantitative estimate of drug-likeness (QED) is 0.842. The van der Waals surface area contributed by atoms with Crippen LogP contribution in [0.2, 0.25) is 0 Å². The first-order chi connectivity index (χ1) is 8.70. The van der Waals surface area contributed by atoms with E-state index >= 15 is 0 Å². The van der Waals surface area contributed by atoms with Gasteiger partial charge in [0.1, 0.15) is 11.5 Å². The molecule has 1 heterocycles. The van der Waals surface area contributed by atoms with Crippen LogP contribution in [0.4, 0.5) is 0 Å². The minimum atomic E-state index is -0.293. The summed E-state index contributed by atoms with van der Waals surface area (Å²) >= 11 is 0. The molecule has 0 radical (unpaired) electrons. The van der Waals surface area contributed by atoms with Crippen molar-refractivity contribution in [3.63, 3.8) is 0 Å². The Morgan fingerprint density at radius 2 is 2.44 bits per heavy atom. The van der Waals surface area contributed by atoms with Crippen molar-refractivity contribution in [2.24, 2.45) is 5.92 Å². The Morgan fingerprint density at radius 1 is 1.61 bits per heavy atom. The minimum Gasteiger partial charge on any atom is -0.507 e. The first kappa shape index (κ1) is 12.7. The maximum atomic E-state index is 11.9. The maximum Gasteiger partial charge on any atom is 0.255 e. The smallest absolute Gasteiger partial charge is 0.255 e. The highest BCUT2D eigenvalue weighted by molar-refractivity contribution is 5.97. The molecular weight excluding hydrogens is 234 g/mol. The van der Waals surface area contributed by atoms with Crippen molar-refractivity contribution in [1.29, 1.82) is 0 Å². The topological polar surface area (TPSA) is 67.8 Å². The van der Waals surface area contributed by atoms with E-state index in [0.29, 0.717) is 24.8 Å². The van der Waals surface area contributed by atoms with Gasteiger partial charge in [-0.2, -0.15) is 0 Å². The van der Waals surface area contributed by atoms with Crippen molar-refractivity contribution in [3.8, 4) is 11.5 Å². The molecule has 1 saturated heterocycles. The number of carbonyl (C=O) groups excluding carboxylic acids is 1. The molecule has 5 nitrogen and oxygen atoms in total. The Bertz CT molecular complexity index is 427. The lowest BCUT2D eigenvalue weighted by atomic mass is 10.1. The lowest BCUT2D eigenvalue weighted by Gasteiger charge is -2.11. The summed E-state index contributed by atoms with van der Waals surface area (Å²) in [6.45, 7) is 2.00. The van der Waals surface area contributed by atoms with Crippen LogP contribution in [0.5, 0.6) is 11.5 Å². The van der Waals surface area contributed by atoms with Gasteiger partial charge in [-0.1, -0.05) is 0 Å². The van der Waals surface area contributed by atoms with Gasteiger partial charge in [0.25, 0.3) is 5.91 Å². The highest BCUT2D eigenvalue weighted by Gasteiger charge is 2.18. The number of ether oxygens (including phenoxy) is 2. The fourth-order valence-corrected chi connectivity index (χ4v) is 1.90. The Morgan fingerprint density at radius 3 is 3.11 bits per heavy atom. The van der Waals surface area contributed by atoms with Crippen LogP contribution in [0, 0.1) is 5.92 Å². The van der Waals surface area contributed by atoms with Gasteiger partial charge in [-0.25, -0.2) is 0 Å². The Kier molecular flexibility index (Phi) is 4.04.